The van der Waals surface area contributed by atoms with Crippen LogP contribution in [-0.2, 0) is 65.4 Å². The first-order valence-electron chi connectivity index (χ1n) is 38.5. The second-order valence-corrected chi connectivity index (χ2v) is 30.5. The van der Waals surface area contributed by atoms with Gasteiger partial charge in [-0.05, 0) is 37.5 Å². The fourth-order valence-electron chi connectivity index (χ4n) is 11.3. The largest absolute Gasteiger partial charge is 0.472 e. The normalized spacial score (nSPS) is 14.1. The Labute approximate surface area is 568 Å². The van der Waals surface area contributed by atoms with Crippen molar-refractivity contribution in [2.45, 2.75) is 400 Å². The van der Waals surface area contributed by atoms with Crippen LogP contribution in [0.1, 0.15) is 382 Å². The van der Waals surface area contributed by atoms with E-state index in [-0.39, 0.29) is 25.7 Å². The van der Waals surface area contributed by atoms with Crippen molar-refractivity contribution in [1.29, 1.82) is 0 Å². The molecule has 0 aliphatic carbocycles. The zero-order chi connectivity index (χ0) is 68.6. The Morgan fingerprint density at radius 1 is 0.290 bits per heavy atom. The number of aliphatic hydroxyl groups excluding tert-OH is 1. The summed E-state index contributed by atoms with van der Waals surface area (Å²) in [6.07, 6.45) is 52.6. The van der Waals surface area contributed by atoms with Crippen molar-refractivity contribution in [3.05, 3.63) is 0 Å². The Kier molecular flexibility index (Phi) is 64.6. The molecule has 552 valence electrons. The van der Waals surface area contributed by atoms with Gasteiger partial charge < -0.3 is 33.8 Å². The molecule has 0 spiro atoms. The van der Waals surface area contributed by atoms with Crippen LogP contribution in [0.15, 0.2) is 0 Å². The Bertz CT molecular complexity index is 1800. The molecule has 0 aromatic carbocycles. The molecule has 0 rings (SSSR count). The molecule has 0 aliphatic heterocycles. The molecule has 0 heterocycles. The first kappa shape index (κ1) is 91.1. The summed E-state index contributed by atoms with van der Waals surface area (Å²) in [4.78, 5) is 72.7. The highest BCUT2D eigenvalue weighted by molar-refractivity contribution is 7.47. The standard InChI is InChI=1S/C74H144O17P2/c1-7-9-11-13-15-17-18-19-20-21-27-33-39-45-51-57-72(77)85-63-70(91-73(78)58-52-46-40-34-28-23-22-25-31-36-42-48-54-66(3)4)65-89-93(82,83)87-61-68(75)60-86-92(80,81)88-64-69(62-84-71(76)56-50-44-38-30-16-14-12-10-8-2)90-74(79)59-53-47-41-35-29-24-26-32-37-43-49-55-67(5)6/h66-70,75H,7-65H2,1-6H3,(H,80,81)(H,82,83)/t68-,69+,70+/m0/s1. The third-order valence-corrected chi connectivity index (χ3v) is 19.1. The van der Waals surface area contributed by atoms with Crippen LogP contribution in [0, 0.1) is 11.8 Å². The predicted molar refractivity (Wildman–Crippen MR) is 377 cm³/mol. The Balaban J connectivity index is 5.24. The number of unbranched alkanes of at least 4 members (excludes halogenated alkanes) is 43. The van der Waals surface area contributed by atoms with E-state index in [9.17, 15) is 43.2 Å². The van der Waals surface area contributed by atoms with Crippen molar-refractivity contribution < 1.29 is 80.2 Å². The van der Waals surface area contributed by atoms with Gasteiger partial charge in [0, 0.05) is 25.7 Å². The summed E-state index contributed by atoms with van der Waals surface area (Å²) >= 11 is 0. The van der Waals surface area contributed by atoms with Crippen molar-refractivity contribution >= 4 is 39.5 Å². The topological polar surface area (TPSA) is 237 Å². The van der Waals surface area contributed by atoms with Gasteiger partial charge >= 0.3 is 39.5 Å². The molecular formula is C74H144O17P2. The molecule has 0 aromatic rings. The first-order valence-corrected chi connectivity index (χ1v) is 41.5. The second-order valence-electron chi connectivity index (χ2n) is 27.6. The lowest BCUT2D eigenvalue weighted by Gasteiger charge is -2.21. The van der Waals surface area contributed by atoms with Gasteiger partial charge in [0.1, 0.15) is 19.3 Å². The van der Waals surface area contributed by atoms with Gasteiger partial charge in [-0.25, -0.2) is 9.13 Å². The van der Waals surface area contributed by atoms with E-state index in [0.717, 1.165) is 102 Å². The number of hydrogen-bond acceptors (Lipinski definition) is 15. The third-order valence-electron chi connectivity index (χ3n) is 17.2. The molecule has 19 heteroatoms. The summed E-state index contributed by atoms with van der Waals surface area (Å²) in [5.74, 6) is -0.576. The van der Waals surface area contributed by atoms with E-state index in [4.69, 9.17) is 37.0 Å². The molecule has 0 aliphatic rings. The second kappa shape index (κ2) is 66.0. The number of aliphatic hydroxyl groups is 1. The van der Waals surface area contributed by atoms with Gasteiger partial charge in [-0.2, -0.15) is 0 Å². The van der Waals surface area contributed by atoms with E-state index in [2.05, 4.69) is 41.5 Å². The van der Waals surface area contributed by atoms with Gasteiger partial charge in [0.15, 0.2) is 12.2 Å². The number of phosphoric acid groups is 2. The number of hydrogen-bond donors (Lipinski definition) is 3. The highest BCUT2D eigenvalue weighted by Crippen LogP contribution is 2.45. The third kappa shape index (κ3) is 68.4. The molecule has 0 fully saturated rings. The molecule has 3 N–H and O–H groups in total. The summed E-state index contributed by atoms with van der Waals surface area (Å²) in [5.41, 5.74) is 0. The van der Waals surface area contributed by atoms with E-state index < -0.39 is 97.5 Å². The maximum Gasteiger partial charge on any atom is 0.472 e. The summed E-state index contributed by atoms with van der Waals surface area (Å²) in [5, 5.41) is 10.6. The van der Waals surface area contributed by atoms with Crippen LogP contribution in [0.3, 0.4) is 0 Å². The Hall–Kier alpha value is -1.94. The highest BCUT2D eigenvalue weighted by atomic mass is 31.2. The lowest BCUT2D eigenvalue weighted by molar-refractivity contribution is -0.161. The number of carbonyl (C=O) groups excluding carboxylic acids is 4. The number of rotatable bonds is 73. The molecule has 0 saturated carbocycles. The quantitative estimate of drug-likeness (QED) is 0.0222. The average Bonchev–Trinajstić information content (AvgIpc) is 1.68. The van der Waals surface area contributed by atoms with E-state index in [0.29, 0.717) is 25.7 Å². The Morgan fingerprint density at radius 3 is 0.731 bits per heavy atom. The van der Waals surface area contributed by atoms with E-state index in [1.807, 2.05) is 0 Å². The van der Waals surface area contributed by atoms with Crippen molar-refractivity contribution in [3.63, 3.8) is 0 Å². The van der Waals surface area contributed by atoms with Crippen LogP contribution in [0.25, 0.3) is 0 Å². The van der Waals surface area contributed by atoms with Gasteiger partial charge in [0.2, 0.25) is 0 Å². The minimum absolute atomic E-state index is 0.106. The molecule has 0 bridgehead atoms. The van der Waals surface area contributed by atoms with Gasteiger partial charge in [-0.3, -0.25) is 37.3 Å². The van der Waals surface area contributed by atoms with Crippen LogP contribution in [0.4, 0.5) is 0 Å². The molecule has 0 radical (unpaired) electrons. The first-order chi connectivity index (χ1) is 44.9. The molecule has 5 atom stereocenters. The maximum atomic E-state index is 13.1. The molecule has 0 aromatic heterocycles. The monoisotopic (exact) mass is 1370 g/mol. The van der Waals surface area contributed by atoms with Crippen LogP contribution in [0.2, 0.25) is 0 Å². The molecule has 0 saturated heterocycles. The summed E-state index contributed by atoms with van der Waals surface area (Å²) in [6.45, 7) is 9.58. The lowest BCUT2D eigenvalue weighted by atomic mass is 10.0. The molecule has 2 unspecified atom stereocenters. The lowest BCUT2D eigenvalue weighted by Crippen LogP contribution is -2.30. The van der Waals surface area contributed by atoms with E-state index >= 15 is 0 Å². The fourth-order valence-corrected chi connectivity index (χ4v) is 12.9. The van der Waals surface area contributed by atoms with Gasteiger partial charge in [0.05, 0.1) is 26.4 Å². The van der Waals surface area contributed by atoms with Crippen LogP contribution < -0.4 is 0 Å². The summed E-state index contributed by atoms with van der Waals surface area (Å²) in [6, 6.07) is 0. The van der Waals surface area contributed by atoms with E-state index in [1.54, 1.807) is 0 Å². The van der Waals surface area contributed by atoms with Crippen LogP contribution in [-0.4, -0.2) is 96.7 Å². The predicted octanol–water partition coefficient (Wildman–Crippen LogP) is 21.6. The number of ether oxygens (including phenoxy) is 4. The van der Waals surface area contributed by atoms with Crippen LogP contribution >= 0.6 is 15.6 Å². The van der Waals surface area contributed by atoms with Crippen molar-refractivity contribution in [2.75, 3.05) is 39.6 Å². The smallest absolute Gasteiger partial charge is 0.462 e. The summed E-state index contributed by atoms with van der Waals surface area (Å²) < 4.78 is 68.4. The Morgan fingerprint density at radius 2 is 0.495 bits per heavy atom. The zero-order valence-corrected chi connectivity index (χ0v) is 62.3. The SMILES string of the molecule is CCCCCCCCCCCCCCCCCC(=O)OC[C@H](COP(=O)(O)OC[C@@H](O)COP(=O)(O)OC[C@@H](COC(=O)CCCCCCCCCCC)OC(=O)CCCCCCCCCCCCCC(C)C)OC(=O)CCCCCCCCCCCCCCC(C)C. The zero-order valence-electron chi connectivity index (χ0n) is 60.6. The van der Waals surface area contributed by atoms with E-state index in [1.165, 1.54) is 199 Å². The van der Waals surface area contributed by atoms with Crippen molar-refractivity contribution in [1.82, 2.24) is 0 Å². The minimum Gasteiger partial charge on any atom is -0.462 e. The van der Waals surface area contributed by atoms with Crippen LogP contribution in [0.5, 0.6) is 0 Å². The fraction of sp³-hybridized carbons (Fsp3) is 0.946. The van der Waals surface area contributed by atoms with Crippen molar-refractivity contribution in [3.8, 4) is 0 Å². The molecule has 93 heavy (non-hydrogen) atoms. The summed E-state index contributed by atoms with van der Waals surface area (Å²) in [7, 11) is -9.91. The van der Waals surface area contributed by atoms with Crippen molar-refractivity contribution in [2.24, 2.45) is 11.8 Å². The number of phosphoric ester groups is 2. The highest BCUT2D eigenvalue weighted by Gasteiger charge is 2.30. The molecule has 0 amide bonds. The molecule has 17 nitrogen and oxygen atoms in total. The van der Waals surface area contributed by atoms with Gasteiger partial charge in [-0.1, -0.05) is 330 Å². The minimum atomic E-state index is -4.95. The number of esters is 4. The average molecular weight is 1370 g/mol. The molecular weight excluding hydrogens is 1220 g/mol. The number of carbonyl (C=O) groups is 4. The van der Waals surface area contributed by atoms with Gasteiger partial charge in [0.25, 0.3) is 0 Å². The van der Waals surface area contributed by atoms with Gasteiger partial charge in [-0.15, -0.1) is 0 Å². The maximum absolute atomic E-state index is 13.1.